The summed E-state index contributed by atoms with van der Waals surface area (Å²) in [6.07, 6.45) is 1.74. The van der Waals surface area contributed by atoms with Crippen LogP contribution in [0.25, 0.3) is 10.9 Å². The zero-order valence-corrected chi connectivity index (χ0v) is 11.8. The van der Waals surface area contributed by atoms with Crippen molar-refractivity contribution < 1.29 is 14.7 Å². The second-order valence-electron chi connectivity index (χ2n) is 5.42. The lowest BCUT2D eigenvalue weighted by Gasteiger charge is -2.20. The number of nitrogens with zero attached hydrogens (tertiary/aromatic N) is 2. The summed E-state index contributed by atoms with van der Waals surface area (Å²) in [7, 11) is 1.82. The molecule has 0 radical (unpaired) electrons. The van der Waals surface area contributed by atoms with Crippen molar-refractivity contribution in [2.45, 2.75) is 25.2 Å². The minimum absolute atomic E-state index is 0.0135. The van der Waals surface area contributed by atoms with Gasteiger partial charge in [0.25, 0.3) is 0 Å². The van der Waals surface area contributed by atoms with Gasteiger partial charge in [-0.15, -0.1) is 0 Å². The van der Waals surface area contributed by atoms with Crippen LogP contribution in [0, 0.1) is 0 Å². The molecule has 21 heavy (non-hydrogen) atoms. The van der Waals surface area contributed by atoms with E-state index in [1.54, 1.807) is 10.7 Å². The van der Waals surface area contributed by atoms with Gasteiger partial charge in [0.2, 0.25) is 5.91 Å². The first-order valence-corrected chi connectivity index (χ1v) is 7.01. The number of hydrogen-bond acceptors (Lipinski definition) is 3. The largest absolute Gasteiger partial charge is 0.481 e. The molecule has 2 N–H and O–H groups in total. The number of carbonyl (C=O) groups is 2. The highest BCUT2D eigenvalue weighted by atomic mass is 16.4. The molecule has 0 bridgehead atoms. The summed E-state index contributed by atoms with van der Waals surface area (Å²) in [5, 5.41) is 17.2. The molecule has 1 aromatic heterocycles. The van der Waals surface area contributed by atoms with Crippen LogP contribution in [-0.2, 0) is 23.1 Å². The Balaban J connectivity index is 2.04. The number of carbonyl (C=O) groups excluding carboxylic acids is 1. The lowest BCUT2D eigenvalue weighted by Crippen LogP contribution is -2.35. The smallest absolute Gasteiger partial charge is 0.307 e. The summed E-state index contributed by atoms with van der Waals surface area (Å²) in [6, 6.07) is 5.50. The first-order chi connectivity index (χ1) is 10.1. The summed E-state index contributed by atoms with van der Waals surface area (Å²) in [6.45, 7) is 0.725. The number of carboxylic acids is 1. The normalized spacial score (nSPS) is 18.7. The first-order valence-electron chi connectivity index (χ1n) is 7.01. The minimum Gasteiger partial charge on any atom is -0.481 e. The number of rotatable bonds is 3. The van der Waals surface area contributed by atoms with Crippen molar-refractivity contribution in [3.8, 4) is 0 Å². The number of aliphatic carboxylic acids is 1. The minimum atomic E-state index is -0.858. The highest BCUT2D eigenvalue weighted by molar-refractivity contribution is 5.91. The average Bonchev–Trinajstić information content (AvgIpc) is 2.76. The van der Waals surface area contributed by atoms with E-state index in [1.807, 2.05) is 19.2 Å². The first kappa shape index (κ1) is 13.6. The average molecular weight is 287 g/mol. The van der Waals surface area contributed by atoms with E-state index in [4.69, 9.17) is 5.11 Å². The van der Waals surface area contributed by atoms with Crippen molar-refractivity contribution in [3.05, 3.63) is 29.5 Å². The maximum atomic E-state index is 12.0. The maximum absolute atomic E-state index is 12.0. The Hall–Kier alpha value is -2.37. The number of amides is 1. The van der Waals surface area contributed by atoms with E-state index in [-0.39, 0.29) is 18.2 Å². The van der Waals surface area contributed by atoms with Crippen LogP contribution in [0.15, 0.2) is 18.2 Å². The molecule has 1 fully saturated rings. The number of aromatic nitrogens is 2. The molecule has 0 aliphatic carbocycles. The number of benzene rings is 1. The zero-order valence-electron chi connectivity index (χ0n) is 11.8. The molecular weight excluding hydrogens is 270 g/mol. The molecule has 2 aromatic rings. The molecular formula is C15H17N3O3. The molecule has 0 spiro atoms. The van der Waals surface area contributed by atoms with E-state index in [2.05, 4.69) is 10.4 Å². The number of fused-ring (bicyclic) bond motifs is 1. The molecule has 6 heteroatoms. The zero-order chi connectivity index (χ0) is 15.0. The molecule has 0 saturated carbocycles. The van der Waals surface area contributed by atoms with Gasteiger partial charge in [0.15, 0.2) is 0 Å². The molecule has 1 unspecified atom stereocenters. The van der Waals surface area contributed by atoms with Gasteiger partial charge in [0.05, 0.1) is 23.5 Å². The summed E-state index contributed by atoms with van der Waals surface area (Å²) in [4.78, 5) is 22.8. The number of piperidine rings is 1. The van der Waals surface area contributed by atoms with Crippen LogP contribution in [0.2, 0.25) is 0 Å². The number of carboxylic acid groups (broad SMARTS) is 1. The van der Waals surface area contributed by atoms with E-state index in [1.165, 1.54) is 0 Å². The molecule has 1 saturated heterocycles. The lowest BCUT2D eigenvalue weighted by atomic mass is 9.93. The van der Waals surface area contributed by atoms with E-state index in [0.717, 1.165) is 41.5 Å². The molecule has 1 aliphatic heterocycles. The standard InChI is InChI=1S/C15H17N3O3/c1-18-12-7-9(8-13(19)20)4-5-10(12)14(17-18)11-3-2-6-16-15(11)21/h4-5,7,11H,2-3,6,8H2,1H3,(H,16,21)(H,19,20). The fourth-order valence-electron chi connectivity index (χ4n) is 2.91. The van der Waals surface area contributed by atoms with Gasteiger partial charge in [0.1, 0.15) is 0 Å². The Kier molecular flexibility index (Phi) is 3.37. The van der Waals surface area contributed by atoms with Crippen molar-refractivity contribution in [2.75, 3.05) is 6.54 Å². The summed E-state index contributed by atoms with van der Waals surface area (Å²) in [5.74, 6) is -1.05. The third kappa shape index (κ3) is 2.49. The van der Waals surface area contributed by atoms with Gasteiger partial charge in [0, 0.05) is 19.0 Å². The van der Waals surface area contributed by atoms with Gasteiger partial charge < -0.3 is 10.4 Å². The van der Waals surface area contributed by atoms with Crippen LogP contribution >= 0.6 is 0 Å². The monoisotopic (exact) mass is 287 g/mol. The van der Waals surface area contributed by atoms with Gasteiger partial charge in [-0.1, -0.05) is 12.1 Å². The van der Waals surface area contributed by atoms with Crippen LogP contribution < -0.4 is 5.32 Å². The topological polar surface area (TPSA) is 84.2 Å². The summed E-state index contributed by atoms with van der Waals surface area (Å²) >= 11 is 0. The number of nitrogens with one attached hydrogen (secondary N) is 1. The summed E-state index contributed by atoms with van der Waals surface area (Å²) in [5.41, 5.74) is 2.38. The van der Waals surface area contributed by atoms with E-state index in [9.17, 15) is 9.59 Å². The van der Waals surface area contributed by atoms with Gasteiger partial charge >= 0.3 is 5.97 Å². The Morgan fingerprint density at radius 3 is 3.05 bits per heavy atom. The highest BCUT2D eigenvalue weighted by Gasteiger charge is 2.28. The quantitative estimate of drug-likeness (QED) is 0.888. The second kappa shape index (κ2) is 5.20. The van der Waals surface area contributed by atoms with Crippen LogP contribution in [0.1, 0.15) is 30.0 Å². The van der Waals surface area contributed by atoms with E-state index >= 15 is 0 Å². The fourth-order valence-corrected chi connectivity index (χ4v) is 2.91. The molecule has 3 rings (SSSR count). The van der Waals surface area contributed by atoms with Crippen molar-refractivity contribution >= 4 is 22.8 Å². The van der Waals surface area contributed by atoms with Crippen molar-refractivity contribution in [1.29, 1.82) is 0 Å². The van der Waals surface area contributed by atoms with Gasteiger partial charge in [-0.25, -0.2) is 0 Å². The van der Waals surface area contributed by atoms with E-state index in [0.29, 0.717) is 0 Å². The molecule has 1 aromatic carbocycles. The predicted molar refractivity (Wildman–Crippen MR) is 77.0 cm³/mol. The SMILES string of the molecule is Cn1nc(C2CCCNC2=O)c2ccc(CC(=O)O)cc21. The Bertz CT molecular complexity index is 720. The van der Waals surface area contributed by atoms with Gasteiger partial charge in [-0.05, 0) is 24.5 Å². The van der Waals surface area contributed by atoms with Crippen LogP contribution in [0.3, 0.4) is 0 Å². The predicted octanol–water partition coefficient (Wildman–Crippen LogP) is 1.19. The number of aryl methyl sites for hydroxylation is 1. The molecule has 1 atom stereocenters. The third-order valence-corrected chi connectivity index (χ3v) is 3.92. The number of hydrogen-bond donors (Lipinski definition) is 2. The van der Waals surface area contributed by atoms with Crippen molar-refractivity contribution in [3.63, 3.8) is 0 Å². The maximum Gasteiger partial charge on any atom is 0.307 e. The highest BCUT2D eigenvalue weighted by Crippen LogP contribution is 2.30. The Morgan fingerprint density at radius 1 is 1.52 bits per heavy atom. The molecule has 6 nitrogen and oxygen atoms in total. The van der Waals surface area contributed by atoms with Crippen molar-refractivity contribution in [1.82, 2.24) is 15.1 Å². The van der Waals surface area contributed by atoms with Crippen molar-refractivity contribution in [2.24, 2.45) is 7.05 Å². The van der Waals surface area contributed by atoms with Gasteiger partial charge in [-0.2, -0.15) is 5.10 Å². The lowest BCUT2D eigenvalue weighted by molar-refractivity contribution is -0.136. The molecule has 110 valence electrons. The van der Waals surface area contributed by atoms with Gasteiger partial charge in [-0.3, -0.25) is 14.3 Å². The second-order valence-corrected chi connectivity index (χ2v) is 5.42. The molecule has 1 aliphatic rings. The molecule has 2 heterocycles. The van der Waals surface area contributed by atoms with Crippen LogP contribution in [-0.4, -0.2) is 33.3 Å². The van der Waals surface area contributed by atoms with Crippen LogP contribution in [0.4, 0.5) is 0 Å². The third-order valence-electron chi connectivity index (χ3n) is 3.92. The Morgan fingerprint density at radius 2 is 2.33 bits per heavy atom. The fraction of sp³-hybridized carbons (Fsp3) is 0.400. The molecule has 1 amide bonds. The van der Waals surface area contributed by atoms with Crippen LogP contribution in [0.5, 0.6) is 0 Å². The Labute approximate surface area is 121 Å². The summed E-state index contributed by atoms with van der Waals surface area (Å²) < 4.78 is 1.72. The van der Waals surface area contributed by atoms with E-state index < -0.39 is 5.97 Å².